The molecule has 132 valence electrons. The Morgan fingerprint density at radius 2 is 1.96 bits per heavy atom. The third-order valence-electron chi connectivity index (χ3n) is 4.74. The molecule has 2 aliphatic rings. The summed E-state index contributed by atoms with van der Waals surface area (Å²) in [5.41, 5.74) is 0.398. The number of piperazine rings is 1. The van der Waals surface area contributed by atoms with Gasteiger partial charge in [-0.1, -0.05) is 19.9 Å². The number of carbonyl (C=O) groups excluding carboxylic acids is 1. The van der Waals surface area contributed by atoms with Gasteiger partial charge in [0.25, 0.3) is 5.91 Å². The lowest BCUT2D eigenvalue weighted by atomic mass is 10.0. The van der Waals surface area contributed by atoms with E-state index >= 15 is 0 Å². The van der Waals surface area contributed by atoms with Crippen LogP contribution in [0.25, 0.3) is 0 Å². The highest BCUT2D eigenvalue weighted by Crippen LogP contribution is 2.29. The summed E-state index contributed by atoms with van der Waals surface area (Å²) in [5, 5.41) is 9.60. The Bertz CT molecular complexity index is 732. The third-order valence-corrected chi connectivity index (χ3v) is 6.44. The fourth-order valence-electron chi connectivity index (χ4n) is 3.78. The van der Waals surface area contributed by atoms with Crippen LogP contribution < -0.4 is 0 Å². The van der Waals surface area contributed by atoms with Gasteiger partial charge in [-0.2, -0.15) is 0 Å². The topological polar surface area (TPSA) is 77.9 Å². The quantitative estimate of drug-likeness (QED) is 0.877. The van der Waals surface area contributed by atoms with Gasteiger partial charge in [0.1, 0.15) is 5.75 Å². The van der Waals surface area contributed by atoms with Crippen molar-refractivity contribution in [2.24, 2.45) is 5.92 Å². The van der Waals surface area contributed by atoms with Crippen molar-refractivity contribution >= 4 is 15.7 Å². The van der Waals surface area contributed by atoms with Crippen LogP contribution in [0.5, 0.6) is 5.75 Å². The smallest absolute Gasteiger partial charge is 0.254 e. The number of hydrogen-bond donors (Lipinski definition) is 1. The predicted molar refractivity (Wildman–Crippen MR) is 91.8 cm³/mol. The maximum Gasteiger partial charge on any atom is 0.254 e. The molecule has 24 heavy (non-hydrogen) atoms. The SMILES string of the molecule is CC(C)CN1CCN(C(=O)c2cccc(O)c2)[C@@H]2CS(=O)(=O)C[C@@H]21. The number of hydrogen-bond acceptors (Lipinski definition) is 5. The molecule has 2 atom stereocenters. The number of nitrogens with zero attached hydrogens (tertiary/aromatic N) is 2. The van der Waals surface area contributed by atoms with Gasteiger partial charge in [-0.05, 0) is 24.1 Å². The Hall–Kier alpha value is -1.60. The maximum atomic E-state index is 12.8. The van der Waals surface area contributed by atoms with E-state index in [1.807, 2.05) is 0 Å². The molecule has 1 aromatic carbocycles. The summed E-state index contributed by atoms with van der Waals surface area (Å²) in [6.07, 6.45) is 0. The van der Waals surface area contributed by atoms with E-state index in [9.17, 15) is 18.3 Å². The molecule has 2 heterocycles. The first-order valence-corrected chi connectivity index (χ1v) is 10.1. The van der Waals surface area contributed by atoms with E-state index in [0.29, 0.717) is 24.6 Å². The van der Waals surface area contributed by atoms with Crippen LogP contribution in [0, 0.1) is 5.92 Å². The molecular formula is C17H24N2O4S. The second kappa shape index (κ2) is 6.37. The molecule has 2 aliphatic heterocycles. The van der Waals surface area contributed by atoms with Crippen LogP contribution in [0.4, 0.5) is 0 Å². The van der Waals surface area contributed by atoms with Gasteiger partial charge < -0.3 is 10.0 Å². The van der Waals surface area contributed by atoms with Gasteiger partial charge in [0.2, 0.25) is 0 Å². The van der Waals surface area contributed by atoms with Crippen molar-refractivity contribution in [1.82, 2.24) is 9.80 Å². The molecule has 3 rings (SSSR count). The summed E-state index contributed by atoms with van der Waals surface area (Å²) in [5.74, 6) is 0.421. The normalized spacial score (nSPS) is 26.5. The fourth-order valence-corrected chi connectivity index (χ4v) is 5.79. The molecule has 0 saturated carbocycles. The lowest BCUT2D eigenvalue weighted by molar-refractivity contribution is 0.0297. The van der Waals surface area contributed by atoms with Gasteiger partial charge in [-0.15, -0.1) is 0 Å². The van der Waals surface area contributed by atoms with Crippen LogP contribution in [0.1, 0.15) is 24.2 Å². The Kier molecular flexibility index (Phi) is 4.57. The van der Waals surface area contributed by atoms with Crippen molar-refractivity contribution in [3.8, 4) is 5.75 Å². The number of carbonyl (C=O) groups is 1. The molecule has 1 N–H and O–H groups in total. The maximum absolute atomic E-state index is 12.8. The largest absolute Gasteiger partial charge is 0.508 e. The monoisotopic (exact) mass is 352 g/mol. The summed E-state index contributed by atoms with van der Waals surface area (Å²) in [4.78, 5) is 16.7. The van der Waals surface area contributed by atoms with Gasteiger partial charge in [0.15, 0.2) is 9.84 Å². The van der Waals surface area contributed by atoms with Crippen molar-refractivity contribution in [3.05, 3.63) is 29.8 Å². The highest BCUT2D eigenvalue weighted by atomic mass is 32.2. The second-order valence-electron chi connectivity index (χ2n) is 7.15. The first-order valence-electron chi connectivity index (χ1n) is 8.31. The van der Waals surface area contributed by atoms with E-state index in [-0.39, 0.29) is 35.2 Å². The third kappa shape index (κ3) is 3.42. The summed E-state index contributed by atoms with van der Waals surface area (Å²) < 4.78 is 24.4. The molecule has 0 aromatic heterocycles. The summed E-state index contributed by atoms with van der Waals surface area (Å²) >= 11 is 0. The fraction of sp³-hybridized carbons (Fsp3) is 0.588. The number of amides is 1. The van der Waals surface area contributed by atoms with Crippen LogP contribution in [-0.2, 0) is 9.84 Å². The molecule has 2 fully saturated rings. The van der Waals surface area contributed by atoms with E-state index < -0.39 is 9.84 Å². The van der Waals surface area contributed by atoms with Crippen molar-refractivity contribution in [2.75, 3.05) is 31.1 Å². The van der Waals surface area contributed by atoms with Crippen molar-refractivity contribution in [1.29, 1.82) is 0 Å². The highest BCUT2D eigenvalue weighted by molar-refractivity contribution is 7.91. The lowest BCUT2D eigenvalue weighted by Crippen LogP contribution is -2.61. The molecule has 6 nitrogen and oxygen atoms in total. The van der Waals surface area contributed by atoms with E-state index in [1.165, 1.54) is 12.1 Å². The second-order valence-corrected chi connectivity index (χ2v) is 9.30. The van der Waals surface area contributed by atoms with Crippen LogP contribution >= 0.6 is 0 Å². The van der Waals surface area contributed by atoms with Crippen LogP contribution in [0.15, 0.2) is 24.3 Å². The number of sulfone groups is 1. The van der Waals surface area contributed by atoms with E-state index in [1.54, 1.807) is 17.0 Å². The number of phenolic OH excluding ortho intramolecular Hbond substituents is 1. The molecule has 0 spiro atoms. The molecule has 0 unspecified atom stereocenters. The van der Waals surface area contributed by atoms with E-state index in [0.717, 1.165) is 6.54 Å². The molecule has 0 aliphatic carbocycles. The van der Waals surface area contributed by atoms with Gasteiger partial charge in [0, 0.05) is 31.2 Å². The van der Waals surface area contributed by atoms with Gasteiger partial charge in [-0.3, -0.25) is 9.69 Å². The number of rotatable bonds is 3. The van der Waals surface area contributed by atoms with E-state index in [4.69, 9.17) is 0 Å². The molecule has 1 aromatic rings. The number of aromatic hydroxyl groups is 1. The first-order chi connectivity index (χ1) is 11.3. The number of fused-ring (bicyclic) bond motifs is 1. The predicted octanol–water partition coefficient (Wildman–Crippen LogP) is 0.972. The summed E-state index contributed by atoms with van der Waals surface area (Å²) in [7, 11) is -3.14. The van der Waals surface area contributed by atoms with Crippen molar-refractivity contribution in [3.63, 3.8) is 0 Å². The van der Waals surface area contributed by atoms with Crippen molar-refractivity contribution < 1.29 is 18.3 Å². The minimum absolute atomic E-state index is 0.0246. The molecule has 1 amide bonds. The summed E-state index contributed by atoms with van der Waals surface area (Å²) in [6, 6.07) is 5.79. The summed E-state index contributed by atoms with van der Waals surface area (Å²) in [6.45, 7) is 6.26. The van der Waals surface area contributed by atoms with Crippen LogP contribution in [0.3, 0.4) is 0 Å². The zero-order chi connectivity index (χ0) is 17.5. The molecule has 0 bridgehead atoms. The van der Waals surface area contributed by atoms with Gasteiger partial charge >= 0.3 is 0 Å². The Morgan fingerprint density at radius 1 is 1.25 bits per heavy atom. The van der Waals surface area contributed by atoms with Gasteiger partial charge in [0.05, 0.1) is 17.5 Å². The van der Waals surface area contributed by atoms with Crippen LogP contribution in [0.2, 0.25) is 0 Å². The van der Waals surface area contributed by atoms with E-state index in [2.05, 4.69) is 18.7 Å². The lowest BCUT2D eigenvalue weighted by Gasteiger charge is -2.44. The highest BCUT2D eigenvalue weighted by Gasteiger charge is 2.48. The minimum Gasteiger partial charge on any atom is -0.508 e. The number of phenols is 1. The zero-order valence-electron chi connectivity index (χ0n) is 14.1. The Labute approximate surface area is 143 Å². The molecule has 0 radical (unpaired) electrons. The molecular weight excluding hydrogens is 328 g/mol. The number of benzene rings is 1. The van der Waals surface area contributed by atoms with Gasteiger partial charge in [-0.25, -0.2) is 8.42 Å². The van der Waals surface area contributed by atoms with Crippen molar-refractivity contribution in [2.45, 2.75) is 25.9 Å². The average Bonchev–Trinajstić information content (AvgIpc) is 2.82. The van der Waals surface area contributed by atoms with Crippen LogP contribution in [-0.4, -0.2) is 72.5 Å². The zero-order valence-corrected chi connectivity index (χ0v) is 14.9. The average molecular weight is 352 g/mol. The minimum atomic E-state index is -3.14. The Morgan fingerprint density at radius 3 is 2.62 bits per heavy atom. The molecule has 7 heteroatoms. The molecule has 2 saturated heterocycles. The first kappa shape index (κ1) is 17.2. The standard InChI is InChI=1S/C17H24N2O4S/c1-12(2)9-18-6-7-19(16-11-24(22,23)10-15(16)18)17(21)13-4-3-5-14(20)8-13/h3-5,8,12,15-16,20H,6-7,9-11H2,1-2H3/t15-,16+/m0/s1. The Balaban J connectivity index is 1.87.